The molecule has 0 saturated carbocycles. The van der Waals surface area contributed by atoms with Gasteiger partial charge in [0.05, 0.1) is 4.92 Å². The second-order valence-corrected chi connectivity index (χ2v) is 4.69. The van der Waals surface area contributed by atoms with Crippen molar-refractivity contribution in [2.45, 2.75) is 13.8 Å². The summed E-state index contributed by atoms with van der Waals surface area (Å²) in [7, 11) is 0. The van der Waals surface area contributed by atoms with Gasteiger partial charge in [0, 0.05) is 39.2 Å². The van der Waals surface area contributed by atoms with Crippen LogP contribution in [-0.4, -0.2) is 53.6 Å². The topological polar surface area (TPSA) is 86.9 Å². The van der Waals surface area contributed by atoms with E-state index in [4.69, 9.17) is 9.90 Å². The number of hydrogen-bond donors (Lipinski definition) is 1. The third-order valence-corrected chi connectivity index (χ3v) is 3.24. The lowest BCUT2D eigenvalue weighted by atomic mass is 10.2. The summed E-state index contributed by atoms with van der Waals surface area (Å²) in [6.45, 7) is 7.94. The highest BCUT2D eigenvalue weighted by molar-refractivity contribution is 5.63. The third kappa shape index (κ3) is 5.39. The van der Waals surface area contributed by atoms with Crippen LogP contribution in [0.5, 0.6) is 0 Å². The number of rotatable bonds is 3. The van der Waals surface area contributed by atoms with Crippen LogP contribution in [0.1, 0.15) is 13.8 Å². The monoisotopic (exact) mass is 295 g/mol. The summed E-state index contributed by atoms with van der Waals surface area (Å²) in [6.07, 6.45) is 0. The van der Waals surface area contributed by atoms with E-state index in [1.54, 1.807) is 12.1 Å². The molecule has 1 aromatic carbocycles. The lowest BCUT2D eigenvalue weighted by Crippen LogP contribution is -2.46. The van der Waals surface area contributed by atoms with Crippen molar-refractivity contribution in [2.75, 3.05) is 37.6 Å². The largest absolute Gasteiger partial charge is 0.481 e. The molecular formula is C14H21N3O4. The van der Waals surface area contributed by atoms with Gasteiger partial charge in [-0.05, 0) is 12.6 Å². The van der Waals surface area contributed by atoms with E-state index in [1.165, 1.54) is 0 Å². The number of piperazine rings is 1. The summed E-state index contributed by atoms with van der Waals surface area (Å²) in [4.78, 5) is 24.1. The number of hydrogen-bond acceptors (Lipinski definition) is 5. The van der Waals surface area contributed by atoms with Gasteiger partial charge in [0.2, 0.25) is 0 Å². The molecule has 1 fully saturated rings. The number of nitro benzene ring substituents is 1. The third-order valence-electron chi connectivity index (χ3n) is 3.24. The molecular weight excluding hydrogens is 274 g/mol. The van der Waals surface area contributed by atoms with E-state index in [9.17, 15) is 10.1 Å². The number of carboxylic acids is 1. The normalized spacial score (nSPS) is 15.0. The molecule has 1 aliphatic rings. The van der Waals surface area contributed by atoms with E-state index in [1.807, 2.05) is 12.1 Å². The van der Waals surface area contributed by atoms with Gasteiger partial charge in [0.15, 0.2) is 0 Å². The predicted molar refractivity (Wildman–Crippen MR) is 80.7 cm³/mol. The summed E-state index contributed by atoms with van der Waals surface area (Å²) in [5.74, 6) is -0.833. The molecule has 1 aliphatic heterocycles. The first-order chi connectivity index (χ1) is 9.95. The summed E-state index contributed by atoms with van der Waals surface area (Å²) in [5, 5.41) is 18.4. The lowest BCUT2D eigenvalue weighted by Gasteiger charge is -2.35. The first-order valence-corrected chi connectivity index (χ1v) is 6.86. The summed E-state index contributed by atoms with van der Waals surface area (Å²) in [6, 6.07) is 6.97. The van der Waals surface area contributed by atoms with Crippen molar-refractivity contribution in [3.8, 4) is 0 Å². The van der Waals surface area contributed by atoms with Crippen molar-refractivity contribution in [1.29, 1.82) is 0 Å². The zero-order valence-corrected chi connectivity index (χ0v) is 12.4. The second kappa shape index (κ2) is 8.21. The zero-order valence-electron chi connectivity index (χ0n) is 12.4. The van der Waals surface area contributed by atoms with E-state index < -0.39 is 5.97 Å². The Bertz CT molecular complexity index is 481. The van der Waals surface area contributed by atoms with Crippen LogP contribution in [0.15, 0.2) is 24.3 Å². The van der Waals surface area contributed by atoms with Crippen LogP contribution in [0.25, 0.3) is 0 Å². The Balaban J connectivity index is 0.000000491. The Morgan fingerprint density at radius 2 is 1.81 bits per heavy atom. The van der Waals surface area contributed by atoms with E-state index in [-0.39, 0.29) is 10.6 Å². The van der Waals surface area contributed by atoms with Crippen LogP contribution >= 0.6 is 0 Å². The van der Waals surface area contributed by atoms with Gasteiger partial charge in [0.25, 0.3) is 11.7 Å². The number of para-hydroxylation sites is 2. The van der Waals surface area contributed by atoms with Crippen molar-refractivity contribution < 1.29 is 14.8 Å². The fourth-order valence-corrected chi connectivity index (χ4v) is 2.19. The Kier molecular flexibility index (Phi) is 6.61. The van der Waals surface area contributed by atoms with Gasteiger partial charge in [-0.25, -0.2) is 0 Å². The van der Waals surface area contributed by atoms with Crippen LogP contribution in [0.4, 0.5) is 11.4 Å². The molecule has 1 N–H and O–H groups in total. The van der Waals surface area contributed by atoms with Crippen molar-refractivity contribution in [2.24, 2.45) is 0 Å². The molecule has 7 heteroatoms. The standard InChI is InChI=1S/C12H17N3O2.C2H4O2/c1-2-13-7-9-14(10-8-13)11-5-3-4-6-12(11)15(16)17;1-2(3)4/h3-6H,2,7-10H2,1H3;1H3,(H,3,4). The number of aliphatic carboxylic acids is 1. The molecule has 0 bridgehead atoms. The van der Waals surface area contributed by atoms with Gasteiger partial charge < -0.3 is 14.9 Å². The Hall–Kier alpha value is -2.15. The quantitative estimate of drug-likeness (QED) is 0.676. The first kappa shape index (κ1) is 16.9. The average Bonchev–Trinajstić information content (AvgIpc) is 2.47. The second-order valence-electron chi connectivity index (χ2n) is 4.69. The smallest absolute Gasteiger partial charge is 0.300 e. The molecule has 0 radical (unpaired) electrons. The molecule has 0 atom stereocenters. The Labute approximate surface area is 123 Å². The molecule has 0 aromatic heterocycles. The van der Waals surface area contributed by atoms with Gasteiger partial charge in [0.1, 0.15) is 5.69 Å². The summed E-state index contributed by atoms with van der Waals surface area (Å²) in [5.41, 5.74) is 0.950. The molecule has 0 spiro atoms. The van der Waals surface area contributed by atoms with Crippen molar-refractivity contribution >= 4 is 17.3 Å². The van der Waals surface area contributed by atoms with Crippen LogP contribution in [0.2, 0.25) is 0 Å². The Morgan fingerprint density at radius 3 is 2.29 bits per heavy atom. The van der Waals surface area contributed by atoms with Crippen LogP contribution in [-0.2, 0) is 4.79 Å². The van der Waals surface area contributed by atoms with Gasteiger partial charge in [-0.3, -0.25) is 14.9 Å². The van der Waals surface area contributed by atoms with Gasteiger partial charge in [-0.15, -0.1) is 0 Å². The number of carboxylic acid groups (broad SMARTS) is 1. The molecule has 0 aliphatic carbocycles. The molecule has 1 aromatic rings. The predicted octanol–water partition coefficient (Wildman–Crippen LogP) is 1.83. The fourth-order valence-electron chi connectivity index (χ4n) is 2.19. The van der Waals surface area contributed by atoms with E-state index in [0.29, 0.717) is 0 Å². The van der Waals surface area contributed by atoms with Crippen LogP contribution in [0.3, 0.4) is 0 Å². The minimum absolute atomic E-state index is 0.206. The number of likely N-dealkylation sites (N-methyl/N-ethyl adjacent to an activating group) is 1. The maximum absolute atomic E-state index is 11.0. The number of benzene rings is 1. The Morgan fingerprint density at radius 1 is 1.29 bits per heavy atom. The minimum atomic E-state index is -0.833. The number of nitro groups is 1. The maximum atomic E-state index is 11.0. The molecule has 0 amide bonds. The highest BCUT2D eigenvalue weighted by Crippen LogP contribution is 2.28. The molecule has 7 nitrogen and oxygen atoms in total. The van der Waals surface area contributed by atoms with E-state index in [2.05, 4.69) is 16.7 Å². The number of nitrogens with zero attached hydrogens (tertiary/aromatic N) is 3. The van der Waals surface area contributed by atoms with Gasteiger partial charge in [-0.1, -0.05) is 19.1 Å². The van der Waals surface area contributed by atoms with Crippen molar-refractivity contribution in [3.63, 3.8) is 0 Å². The molecule has 2 rings (SSSR count). The molecule has 1 saturated heterocycles. The first-order valence-electron chi connectivity index (χ1n) is 6.86. The SMILES string of the molecule is CC(=O)O.CCN1CCN(c2ccccc2[N+](=O)[O-])CC1. The van der Waals surface area contributed by atoms with Crippen molar-refractivity contribution in [1.82, 2.24) is 4.90 Å². The van der Waals surface area contributed by atoms with Gasteiger partial charge in [-0.2, -0.15) is 0 Å². The highest BCUT2D eigenvalue weighted by Gasteiger charge is 2.22. The average molecular weight is 295 g/mol. The number of carbonyl (C=O) groups is 1. The zero-order chi connectivity index (χ0) is 15.8. The van der Waals surface area contributed by atoms with Crippen LogP contribution < -0.4 is 4.90 Å². The summed E-state index contributed by atoms with van der Waals surface area (Å²) < 4.78 is 0. The van der Waals surface area contributed by atoms with E-state index >= 15 is 0 Å². The molecule has 1 heterocycles. The lowest BCUT2D eigenvalue weighted by molar-refractivity contribution is -0.384. The fraction of sp³-hybridized carbons (Fsp3) is 0.500. The van der Waals surface area contributed by atoms with Crippen molar-refractivity contribution in [3.05, 3.63) is 34.4 Å². The number of anilines is 1. The van der Waals surface area contributed by atoms with E-state index in [0.717, 1.165) is 45.3 Å². The molecule has 0 unspecified atom stereocenters. The van der Waals surface area contributed by atoms with Crippen LogP contribution in [0, 0.1) is 10.1 Å². The highest BCUT2D eigenvalue weighted by atomic mass is 16.6. The van der Waals surface area contributed by atoms with Gasteiger partial charge >= 0.3 is 0 Å². The maximum Gasteiger partial charge on any atom is 0.300 e. The molecule has 21 heavy (non-hydrogen) atoms. The summed E-state index contributed by atoms with van der Waals surface area (Å²) >= 11 is 0. The minimum Gasteiger partial charge on any atom is -0.481 e. The molecule has 116 valence electrons.